The Morgan fingerprint density at radius 1 is 1.17 bits per heavy atom. The molecular formula is C16H14FN5S. The van der Waals surface area contributed by atoms with Gasteiger partial charge in [0.25, 0.3) is 0 Å². The average molecular weight is 327 g/mol. The van der Waals surface area contributed by atoms with Crippen LogP contribution in [0.5, 0.6) is 0 Å². The highest BCUT2D eigenvalue weighted by atomic mass is 32.1. The van der Waals surface area contributed by atoms with Gasteiger partial charge in [0.15, 0.2) is 10.8 Å². The van der Waals surface area contributed by atoms with Crippen molar-refractivity contribution in [1.29, 1.82) is 0 Å². The molecule has 0 amide bonds. The molecule has 0 atom stereocenters. The van der Waals surface area contributed by atoms with Crippen molar-refractivity contribution in [2.24, 2.45) is 5.73 Å². The van der Waals surface area contributed by atoms with Crippen molar-refractivity contribution in [2.75, 3.05) is 0 Å². The molecule has 7 heteroatoms. The zero-order chi connectivity index (χ0) is 15.7. The van der Waals surface area contributed by atoms with Gasteiger partial charge in [0.05, 0.1) is 5.69 Å². The third-order valence-electron chi connectivity index (χ3n) is 4.93. The molecule has 2 heterocycles. The minimum absolute atomic E-state index is 0.0483. The molecule has 0 aliphatic heterocycles. The monoisotopic (exact) mass is 327 g/mol. The molecule has 0 saturated heterocycles. The largest absolute Gasteiger partial charge is 0.325 e. The highest BCUT2D eigenvalue weighted by Gasteiger charge is 2.69. The number of rotatable bonds is 3. The standard InChI is InChI=1S/C16H14FN5S/c17-10-3-1-2-4-11(10)22-12(13-19-5-6-23-13)20-21-14(22)15-7-16(18,8-15)9-15/h1-6H,7-9,18H2. The molecule has 0 radical (unpaired) electrons. The van der Waals surface area contributed by atoms with Gasteiger partial charge in [-0.25, -0.2) is 9.37 Å². The summed E-state index contributed by atoms with van der Waals surface area (Å²) >= 11 is 1.47. The van der Waals surface area contributed by atoms with Crippen LogP contribution in [0.25, 0.3) is 16.5 Å². The topological polar surface area (TPSA) is 69.6 Å². The Kier molecular flexibility index (Phi) is 2.46. The van der Waals surface area contributed by atoms with E-state index >= 15 is 0 Å². The van der Waals surface area contributed by atoms with Crippen LogP contribution in [0.15, 0.2) is 35.8 Å². The second kappa shape index (κ2) is 4.24. The molecule has 5 nitrogen and oxygen atoms in total. The number of halogens is 1. The van der Waals surface area contributed by atoms with Crippen molar-refractivity contribution < 1.29 is 4.39 Å². The summed E-state index contributed by atoms with van der Waals surface area (Å²) in [7, 11) is 0. The molecule has 2 N–H and O–H groups in total. The summed E-state index contributed by atoms with van der Waals surface area (Å²) in [5.74, 6) is 1.11. The zero-order valence-electron chi connectivity index (χ0n) is 12.2. The van der Waals surface area contributed by atoms with Gasteiger partial charge < -0.3 is 5.73 Å². The Balaban J connectivity index is 1.73. The van der Waals surface area contributed by atoms with E-state index < -0.39 is 0 Å². The normalized spacial score (nSPS) is 28.3. The summed E-state index contributed by atoms with van der Waals surface area (Å²) in [6.07, 6.45) is 4.40. The second-order valence-electron chi connectivity index (χ2n) is 6.64. The summed E-state index contributed by atoms with van der Waals surface area (Å²) in [5.41, 5.74) is 6.55. The van der Waals surface area contributed by atoms with Gasteiger partial charge in [0.2, 0.25) is 0 Å². The van der Waals surface area contributed by atoms with Crippen LogP contribution in [0.1, 0.15) is 25.1 Å². The maximum absolute atomic E-state index is 14.4. The number of benzene rings is 1. The molecule has 3 saturated carbocycles. The molecule has 0 unspecified atom stereocenters. The van der Waals surface area contributed by atoms with Crippen molar-refractivity contribution >= 4 is 11.3 Å². The number of aromatic nitrogens is 4. The van der Waals surface area contributed by atoms with Crippen LogP contribution in [0.2, 0.25) is 0 Å². The summed E-state index contributed by atoms with van der Waals surface area (Å²) in [6, 6.07) is 6.71. The average Bonchev–Trinajstić information content (AvgIpc) is 3.12. The Morgan fingerprint density at radius 3 is 2.61 bits per heavy atom. The van der Waals surface area contributed by atoms with Crippen LogP contribution in [0.3, 0.4) is 0 Å². The second-order valence-corrected chi connectivity index (χ2v) is 7.54. The highest BCUT2D eigenvalue weighted by Crippen LogP contribution is 2.66. The van der Waals surface area contributed by atoms with Gasteiger partial charge in [-0.2, -0.15) is 0 Å². The van der Waals surface area contributed by atoms with E-state index in [1.54, 1.807) is 18.3 Å². The molecule has 0 spiro atoms. The van der Waals surface area contributed by atoms with E-state index in [2.05, 4.69) is 15.2 Å². The third-order valence-corrected chi connectivity index (χ3v) is 5.69. The summed E-state index contributed by atoms with van der Waals surface area (Å²) in [4.78, 5) is 4.32. The summed E-state index contributed by atoms with van der Waals surface area (Å²) in [5, 5.41) is 11.4. The maximum atomic E-state index is 14.4. The fourth-order valence-electron chi connectivity index (χ4n) is 4.06. The first kappa shape index (κ1) is 13.3. The first-order chi connectivity index (χ1) is 11.1. The van der Waals surface area contributed by atoms with Gasteiger partial charge in [-0.1, -0.05) is 12.1 Å². The third kappa shape index (κ3) is 1.71. The molecule has 3 aliphatic carbocycles. The van der Waals surface area contributed by atoms with Crippen molar-refractivity contribution in [3.05, 3.63) is 47.5 Å². The Morgan fingerprint density at radius 2 is 1.96 bits per heavy atom. The Labute approximate surface area is 136 Å². The van der Waals surface area contributed by atoms with Gasteiger partial charge in [0.1, 0.15) is 11.6 Å². The van der Waals surface area contributed by atoms with Crippen LogP contribution in [-0.2, 0) is 5.41 Å². The van der Waals surface area contributed by atoms with Crippen molar-refractivity contribution in [3.8, 4) is 16.5 Å². The van der Waals surface area contributed by atoms with E-state index in [9.17, 15) is 4.39 Å². The number of hydrogen-bond acceptors (Lipinski definition) is 5. The van der Waals surface area contributed by atoms with Crippen molar-refractivity contribution in [1.82, 2.24) is 19.7 Å². The highest BCUT2D eigenvalue weighted by molar-refractivity contribution is 7.13. The quantitative estimate of drug-likeness (QED) is 0.803. The predicted octanol–water partition coefficient (Wildman–Crippen LogP) is 2.66. The van der Waals surface area contributed by atoms with Crippen LogP contribution in [0, 0.1) is 5.82 Å². The lowest BCUT2D eigenvalue weighted by Gasteiger charge is -2.68. The van der Waals surface area contributed by atoms with Gasteiger partial charge in [-0.3, -0.25) is 4.57 Å². The SMILES string of the molecule is NC12CC(c3nnc(-c4nccs4)n3-c3ccccc3F)(C1)C2. The Bertz CT molecular complexity index is 881. The molecule has 3 aliphatic rings. The maximum Gasteiger partial charge on any atom is 0.197 e. The van der Waals surface area contributed by atoms with E-state index in [-0.39, 0.29) is 16.8 Å². The number of thiazole rings is 1. The van der Waals surface area contributed by atoms with Gasteiger partial charge >= 0.3 is 0 Å². The van der Waals surface area contributed by atoms with Crippen LogP contribution in [0.4, 0.5) is 4.39 Å². The predicted molar refractivity (Wildman–Crippen MR) is 84.9 cm³/mol. The fourth-order valence-corrected chi connectivity index (χ4v) is 4.67. The summed E-state index contributed by atoms with van der Waals surface area (Å²) < 4.78 is 16.3. The first-order valence-corrected chi connectivity index (χ1v) is 8.38. The minimum Gasteiger partial charge on any atom is -0.325 e. The van der Waals surface area contributed by atoms with Gasteiger partial charge in [0, 0.05) is 22.5 Å². The number of hydrogen-bond donors (Lipinski definition) is 1. The molecule has 1 aromatic carbocycles. The van der Waals surface area contributed by atoms with E-state index in [4.69, 9.17) is 5.73 Å². The molecule has 3 fully saturated rings. The molecule has 6 rings (SSSR count). The van der Waals surface area contributed by atoms with E-state index in [1.165, 1.54) is 17.4 Å². The molecule has 3 aromatic rings. The lowest BCUT2D eigenvalue weighted by atomic mass is 9.39. The van der Waals surface area contributed by atoms with E-state index in [1.807, 2.05) is 16.0 Å². The summed E-state index contributed by atoms with van der Waals surface area (Å²) in [6.45, 7) is 0. The van der Waals surface area contributed by atoms with Crippen LogP contribution >= 0.6 is 11.3 Å². The van der Waals surface area contributed by atoms with Crippen molar-refractivity contribution in [3.63, 3.8) is 0 Å². The molecular weight excluding hydrogens is 313 g/mol. The smallest absolute Gasteiger partial charge is 0.197 e. The lowest BCUT2D eigenvalue weighted by Crippen LogP contribution is -2.75. The van der Waals surface area contributed by atoms with Gasteiger partial charge in [-0.15, -0.1) is 21.5 Å². The van der Waals surface area contributed by atoms with E-state index in [0.29, 0.717) is 11.5 Å². The fraction of sp³-hybridized carbons (Fsp3) is 0.312. The zero-order valence-corrected chi connectivity index (χ0v) is 13.1. The van der Waals surface area contributed by atoms with Gasteiger partial charge in [-0.05, 0) is 31.4 Å². The van der Waals surface area contributed by atoms with Crippen LogP contribution < -0.4 is 5.73 Å². The number of nitrogens with zero attached hydrogens (tertiary/aromatic N) is 4. The van der Waals surface area contributed by atoms with E-state index in [0.717, 1.165) is 30.1 Å². The number of nitrogens with two attached hydrogens (primary N) is 1. The van der Waals surface area contributed by atoms with Crippen molar-refractivity contribution in [2.45, 2.75) is 30.2 Å². The number of para-hydroxylation sites is 1. The first-order valence-electron chi connectivity index (χ1n) is 7.50. The Hall–Kier alpha value is -2.12. The minimum atomic E-state index is -0.291. The molecule has 116 valence electrons. The molecule has 23 heavy (non-hydrogen) atoms. The van der Waals surface area contributed by atoms with Crippen LogP contribution in [-0.4, -0.2) is 25.3 Å². The molecule has 2 aromatic heterocycles. The molecule has 2 bridgehead atoms. The lowest BCUT2D eigenvalue weighted by molar-refractivity contribution is -0.0664.